The van der Waals surface area contributed by atoms with E-state index in [9.17, 15) is 4.79 Å². The van der Waals surface area contributed by atoms with Gasteiger partial charge in [0.25, 0.3) is 0 Å². The summed E-state index contributed by atoms with van der Waals surface area (Å²) < 4.78 is 2.12. The van der Waals surface area contributed by atoms with Crippen LogP contribution in [0.2, 0.25) is 0 Å². The average molecular weight is 371 g/mol. The molecule has 2 N–H and O–H groups in total. The van der Waals surface area contributed by atoms with E-state index >= 15 is 0 Å². The lowest BCUT2D eigenvalue weighted by Crippen LogP contribution is -2.41. The molecule has 1 saturated heterocycles. The predicted molar refractivity (Wildman–Crippen MR) is 111 cm³/mol. The maximum atomic E-state index is 11.4. The highest BCUT2D eigenvalue weighted by atomic mass is 16.1. The van der Waals surface area contributed by atoms with Crippen LogP contribution in [-0.2, 0) is 11.8 Å². The molecule has 6 nitrogen and oxygen atoms in total. The lowest BCUT2D eigenvalue weighted by atomic mass is 10.0. The van der Waals surface area contributed by atoms with Crippen molar-refractivity contribution < 1.29 is 4.79 Å². The lowest BCUT2D eigenvalue weighted by molar-refractivity contribution is -0.122. The zero-order chi connectivity index (χ0) is 19.1. The molecule has 1 aliphatic rings. The molecule has 1 aliphatic heterocycles. The summed E-state index contributed by atoms with van der Waals surface area (Å²) in [5, 5.41) is 7.70. The number of carbonyl (C=O) groups is 1. The van der Waals surface area contributed by atoms with E-state index < -0.39 is 0 Å². The van der Waals surface area contributed by atoms with Gasteiger partial charge in [-0.2, -0.15) is 0 Å². The molecular weight excluding hydrogens is 350 g/mol. The van der Waals surface area contributed by atoms with Crippen LogP contribution in [0.25, 0.3) is 33.1 Å². The number of hydrogen-bond donors (Lipinski definition) is 2. The van der Waals surface area contributed by atoms with E-state index in [2.05, 4.69) is 68.7 Å². The van der Waals surface area contributed by atoms with Gasteiger partial charge in [0.15, 0.2) is 0 Å². The standard InChI is InChI=1S/C22H21N5O/c1-27-9-6-14-2-3-15(10-20(14)27)18-11-17(12-19-22(18)24-8-7-23-19)26-16-4-5-21(28)25-13-16/h2-3,6-12,16,26H,4-5,13H2,1H3,(H,25,28). The zero-order valence-electron chi connectivity index (χ0n) is 15.6. The number of rotatable bonds is 3. The highest BCUT2D eigenvalue weighted by Crippen LogP contribution is 2.32. The summed E-state index contributed by atoms with van der Waals surface area (Å²) in [6, 6.07) is 13.0. The van der Waals surface area contributed by atoms with Gasteiger partial charge in [-0.05, 0) is 41.6 Å². The second kappa shape index (κ2) is 6.64. The van der Waals surface area contributed by atoms with Crippen LogP contribution in [0.1, 0.15) is 12.8 Å². The van der Waals surface area contributed by atoms with E-state index in [1.54, 1.807) is 12.4 Å². The summed E-state index contributed by atoms with van der Waals surface area (Å²) in [5.41, 5.74) is 6.09. The van der Waals surface area contributed by atoms with Gasteiger partial charge in [-0.15, -0.1) is 0 Å². The van der Waals surface area contributed by atoms with E-state index in [0.717, 1.165) is 34.3 Å². The summed E-state index contributed by atoms with van der Waals surface area (Å²) in [4.78, 5) is 20.5. The normalized spacial score (nSPS) is 17.0. The van der Waals surface area contributed by atoms with Gasteiger partial charge in [0.1, 0.15) is 0 Å². The molecular formula is C22H21N5O. The number of aromatic nitrogens is 3. The molecule has 4 aromatic rings. The highest BCUT2D eigenvalue weighted by molar-refractivity contribution is 5.97. The maximum Gasteiger partial charge on any atom is 0.220 e. The van der Waals surface area contributed by atoms with E-state index in [1.807, 2.05) is 6.07 Å². The molecule has 6 heteroatoms. The van der Waals surface area contributed by atoms with Gasteiger partial charge in [0.05, 0.1) is 11.0 Å². The first-order valence-corrected chi connectivity index (χ1v) is 9.51. The summed E-state index contributed by atoms with van der Waals surface area (Å²) in [6.07, 6.45) is 6.91. The van der Waals surface area contributed by atoms with Crippen LogP contribution in [0, 0.1) is 0 Å². The van der Waals surface area contributed by atoms with Crippen LogP contribution in [0.3, 0.4) is 0 Å². The van der Waals surface area contributed by atoms with Crippen LogP contribution < -0.4 is 10.6 Å². The number of hydrogen-bond acceptors (Lipinski definition) is 4. The van der Waals surface area contributed by atoms with Crippen molar-refractivity contribution in [2.45, 2.75) is 18.9 Å². The average Bonchev–Trinajstić information content (AvgIpc) is 3.09. The SMILES string of the molecule is Cn1ccc2ccc(-c3cc(NC4CCC(=O)NC4)cc4nccnc34)cc21. The Morgan fingerprint density at radius 3 is 2.89 bits per heavy atom. The molecule has 1 unspecified atom stereocenters. The zero-order valence-corrected chi connectivity index (χ0v) is 15.6. The van der Waals surface area contributed by atoms with E-state index in [1.165, 1.54) is 10.9 Å². The van der Waals surface area contributed by atoms with Crippen molar-refractivity contribution >= 4 is 33.5 Å². The Balaban J connectivity index is 1.60. The molecule has 140 valence electrons. The number of aryl methyl sites for hydroxylation is 1. The van der Waals surface area contributed by atoms with Gasteiger partial charge >= 0.3 is 0 Å². The maximum absolute atomic E-state index is 11.4. The molecule has 0 radical (unpaired) electrons. The van der Waals surface area contributed by atoms with Gasteiger partial charge in [-0.1, -0.05) is 12.1 Å². The fourth-order valence-corrected chi connectivity index (χ4v) is 3.90. The Bertz CT molecular complexity index is 1190. The number of fused-ring (bicyclic) bond motifs is 2. The minimum atomic E-state index is 0.124. The highest BCUT2D eigenvalue weighted by Gasteiger charge is 2.18. The topological polar surface area (TPSA) is 71.8 Å². The smallest absolute Gasteiger partial charge is 0.220 e. The molecule has 5 rings (SSSR count). The Kier molecular flexibility index (Phi) is 3.97. The number of benzene rings is 2. The van der Waals surface area contributed by atoms with Crippen LogP contribution in [0.5, 0.6) is 0 Å². The minimum absolute atomic E-state index is 0.124. The van der Waals surface area contributed by atoms with Crippen LogP contribution >= 0.6 is 0 Å². The quantitative estimate of drug-likeness (QED) is 0.578. The first-order chi connectivity index (χ1) is 13.7. The Morgan fingerprint density at radius 1 is 1.14 bits per heavy atom. The number of piperidine rings is 1. The summed E-state index contributed by atoms with van der Waals surface area (Å²) in [6.45, 7) is 0.641. The molecule has 1 fully saturated rings. The molecule has 0 aliphatic carbocycles. The molecule has 0 saturated carbocycles. The lowest BCUT2D eigenvalue weighted by Gasteiger charge is -2.25. The fraction of sp³-hybridized carbons (Fsp3) is 0.227. The number of nitrogens with zero attached hydrogens (tertiary/aromatic N) is 3. The minimum Gasteiger partial charge on any atom is -0.380 e. The van der Waals surface area contributed by atoms with Crippen molar-refractivity contribution in [1.29, 1.82) is 0 Å². The van der Waals surface area contributed by atoms with Gasteiger partial charge in [0, 0.05) is 61.4 Å². The van der Waals surface area contributed by atoms with Crippen molar-refractivity contribution in [2.75, 3.05) is 11.9 Å². The molecule has 2 aromatic carbocycles. The molecule has 0 bridgehead atoms. The van der Waals surface area contributed by atoms with Crippen molar-refractivity contribution in [3.05, 3.63) is 55.0 Å². The Labute approximate surface area is 162 Å². The first-order valence-electron chi connectivity index (χ1n) is 9.51. The fourth-order valence-electron chi connectivity index (χ4n) is 3.90. The van der Waals surface area contributed by atoms with Crippen molar-refractivity contribution in [2.24, 2.45) is 7.05 Å². The Morgan fingerprint density at radius 2 is 2.04 bits per heavy atom. The molecule has 1 atom stereocenters. The largest absolute Gasteiger partial charge is 0.380 e. The van der Waals surface area contributed by atoms with E-state index in [0.29, 0.717) is 13.0 Å². The van der Waals surface area contributed by atoms with Gasteiger partial charge in [0.2, 0.25) is 5.91 Å². The first kappa shape index (κ1) is 16.7. The van der Waals surface area contributed by atoms with Gasteiger partial charge < -0.3 is 15.2 Å². The molecule has 1 amide bonds. The van der Waals surface area contributed by atoms with E-state index in [-0.39, 0.29) is 11.9 Å². The molecule has 0 spiro atoms. The summed E-state index contributed by atoms with van der Waals surface area (Å²) in [5.74, 6) is 0.124. The van der Waals surface area contributed by atoms with Crippen LogP contribution in [-0.4, -0.2) is 33.0 Å². The predicted octanol–water partition coefficient (Wildman–Crippen LogP) is 3.48. The molecule has 2 aromatic heterocycles. The summed E-state index contributed by atoms with van der Waals surface area (Å²) in [7, 11) is 2.05. The molecule has 3 heterocycles. The summed E-state index contributed by atoms with van der Waals surface area (Å²) >= 11 is 0. The third-order valence-electron chi connectivity index (χ3n) is 5.41. The monoisotopic (exact) mass is 371 g/mol. The molecule has 28 heavy (non-hydrogen) atoms. The third-order valence-corrected chi connectivity index (χ3v) is 5.41. The Hall–Kier alpha value is -3.41. The second-order valence-corrected chi connectivity index (χ2v) is 7.33. The van der Waals surface area contributed by atoms with Crippen molar-refractivity contribution in [3.8, 4) is 11.1 Å². The number of nitrogens with one attached hydrogen (secondary N) is 2. The number of amides is 1. The number of carbonyl (C=O) groups excluding carboxylic acids is 1. The third kappa shape index (κ3) is 2.97. The van der Waals surface area contributed by atoms with Crippen molar-refractivity contribution in [1.82, 2.24) is 19.9 Å². The van der Waals surface area contributed by atoms with Crippen LogP contribution in [0.4, 0.5) is 5.69 Å². The van der Waals surface area contributed by atoms with Gasteiger partial charge in [-0.3, -0.25) is 14.8 Å². The van der Waals surface area contributed by atoms with Crippen LogP contribution in [0.15, 0.2) is 55.0 Å². The second-order valence-electron chi connectivity index (χ2n) is 7.33. The van der Waals surface area contributed by atoms with E-state index in [4.69, 9.17) is 0 Å². The number of anilines is 1. The van der Waals surface area contributed by atoms with Crippen molar-refractivity contribution in [3.63, 3.8) is 0 Å². The van der Waals surface area contributed by atoms with Gasteiger partial charge in [-0.25, -0.2) is 0 Å².